The summed E-state index contributed by atoms with van der Waals surface area (Å²) in [6.45, 7) is 2.27. The molecule has 0 spiro atoms. The number of rotatable bonds is 5. The van der Waals surface area contributed by atoms with Gasteiger partial charge in [-0.2, -0.15) is 5.26 Å². The molecule has 0 atom stereocenters. The number of methoxy groups -OCH3 is 1. The van der Waals surface area contributed by atoms with Crippen LogP contribution >= 0.6 is 0 Å². The maximum absolute atomic E-state index is 12.3. The molecule has 2 aromatic carbocycles. The van der Waals surface area contributed by atoms with Gasteiger partial charge in [-0.3, -0.25) is 4.79 Å². The molecule has 0 radical (unpaired) electrons. The van der Waals surface area contributed by atoms with Gasteiger partial charge in [-0.25, -0.2) is 0 Å². The van der Waals surface area contributed by atoms with Gasteiger partial charge in [0.25, 0.3) is 0 Å². The molecule has 4 heteroatoms. The molecule has 0 unspecified atom stereocenters. The molecule has 0 aromatic heterocycles. The van der Waals surface area contributed by atoms with Crippen LogP contribution in [0.2, 0.25) is 0 Å². The highest BCUT2D eigenvalue weighted by Crippen LogP contribution is 2.21. The highest BCUT2D eigenvalue weighted by molar-refractivity contribution is 5.93. The van der Waals surface area contributed by atoms with E-state index >= 15 is 0 Å². The molecular weight excluding hydrogens is 276 g/mol. The highest BCUT2D eigenvalue weighted by Gasteiger charge is 2.15. The van der Waals surface area contributed by atoms with E-state index in [1.54, 1.807) is 30.2 Å². The van der Waals surface area contributed by atoms with E-state index in [0.717, 1.165) is 17.0 Å². The topological polar surface area (TPSA) is 53.3 Å². The molecule has 0 fully saturated rings. The minimum Gasteiger partial charge on any atom is -0.497 e. The third-order valence-corrected chi connectivity index (χ3v) is 3.37. The van der Waals surface area contributed by atoms with Crippen LogP contribution in [0.25, 0.3) is 0 Å². The van der Waals surface area contributed by atoms with E-state index in [4.69, 9.17) is 10.00 Å². The van der Waals surface area contributed by atoms with Crippen molar-refractivity contribution in [2.45, 2.75) is 19.9 Å². The lowest BCUT2D eigenvalue weighted by Gasteiger charge is -2.23. The predicted octanol–water partition coefficient (Wildman–Crippen LogP) is 3.51. The Kier molecular flexibility index (Phi) is 5.16. The van der Waals surface area contributed by atoms with Crippen LogP contribution in [0.1, 0.15) is 24.5 Å². The van der Waals surface area contributed by atoms with Gasteiger partial charge in [0.05, 0.1) is 25.3 Å². The summed E-state index contributed by atoms with van der Waals surface area (Å²) in [6.07, 6.45) is 0.404. The number of carbonyl (C=O) groups excluding carboxylic acids is 1. The lowest BCUT2D eigenvalue weighted by atomic mass is 10.1. The number of benzene rings is 2. The van der Waals surface area contributed by atoms with E-state index in [1.807, 2.05) is 37.3 Å². The van der Waals surface area contributed by atoms with Gasteiger partial charge in [0, 0.05) is 12.1 Å². The van der Waals surface area contributed by atoms with E-state index < -0.39 is 0 Å². The summed E-state index contributed by atoms with van der Waals surface area (Å²) < 4.78 is 5.22. The van der Waals surface area contributed by atoms with E-state index in [9.17, 15) is 4.79 Å². The Bertz CT molecular complexity index is 704. The fourth-order valence-corrected chi connectivity index (χ4v) is 2.21. The number of amides is 1. The molecule has 0 aliphatic carbocycles. The van der Waals surface area contributed by atoms with Gasteiger partial charge >= 0.3 is 0 Å². The second-order valence-electron chi connectivity index (χ2n) is 4.85. The first-order valence-corrected chi connectivity index (χ1v) is 7.11. The number of hydrogen-bond donors (Lipinski definition) is 0. The first kappa shape index (κ1) is 15.6. The Morgan fingerprint density at radius 3 is 2.68 bits per heavy atom. The van der Waals surface area contributed by atoms with E-state index in [0.29, 0.717) is 18.5 Å². The van der Waals surface area contributed by atoms with Gasteiger partial charge in [0.2, 0.25) is 5.91 Å². The molecule has 1 amide bonds. The molecule has 22 heavy (non-hydrogen) atoms. The van der Waals surface area contributed by atoms with Crippen LogP contribution in [-0.4, -0.2) is 13.0 Å². The van der Waals surface area contributed by atoms with Gasteiger partial charge in [0.15, 0.2) is 0 Å². The zero-order valence-corrected chi connectivity index (χ0v) is 12.7. The van der Waals surface area contributed by atoms with Crippen LogP contribution in [-0.2, 0) is 11.3 Å². The molecule has 0 aliphatic heterocycles. The molecule has 2 aromatic rings. The molecule has 0 saturated heterocycles. The van der Waals surface area contributed by atoms with Crippen molar-refractivity contribution in [3.8, 4) is 11.8 Å². The number of anilines is 1. The summed E-state index contributed by atoms with van der Waals surface area (Å²) in [5, 5.41) is 9.03. The van der Waals surface area contributed by atoms with Gasteiger partial charge in [-0.15, -0.1) is 0 Å². The fraction of sp³-hybridized carbons (Fsp3) is 0.222. The number of carbonyl (C=O) groups is 1. The molecule has 0 aliphatic rings. The van der Waals surface area contributed by atoms with E-state index in [2.05, 4.69) is 6.07 Å². The van der Waals surface area contributed by atoms with Crippen molar-refractivity contribution in [1.82, 2.24) is 0 Å². The second-order valence-corrected chi connectivity index (χ2v) is 4.85. The van der Waals surface area contributed by atoms with E-state index in [-0.39, 0.29) is 5.91 Å². The standard InChI is InChI=1S/C18H18N2O2/c1-3-18(21)20(16-8-4-6-14(10-16)12-19)13-15-7-5-9-17(11-15)22-2/h4-11H,3,13H2,1-2H3. The maximum atomic E-state index is 12.3. The molecule has 0 bridgehead atoms. The number of ether oxygens (including phenoxy) is 1. The van der Waals surface area contributed by atoms with Gasteiger partial charge in [-0.1, -0.05) is 25.1 Å². The van der Waals surface area contributed by atoms with Crippen LogP contribution in [0.3, 0.4) is 0 Å². The zero-order chi connectivity index (χ0) is 15.9. The summed E-state index contributed by atoms with van der Waals surface area (Å²) in [4.78, 5) is 14.0. The summed E-state index contributed by atoms with van der Waals surface area (Å²) in [5.41, 5.74) is 2.24. The molecule has 0 N–H and O–H groups in total. The van der Waals surface area contributed by atoms with Crippen LogP contribution in [0.4, 0.5) is 5.69 Å². The van der Waals surface area contributed by atoms with Crippen molar-refractivity contribution >= 4 is 11.6 Å². The Morgan fingerprint density at radius 2 is 2.00 bits per heavy atom. The molecule has 2 rings (SSSR count). The van der Waals surface area contributed by atoms with Crippen LogP contribution in [0.15, 0.2) is 48.5 Å². The van der Waals surface area contributed by atoms with Crippen molar-refractivity contribution in [1.29, 1.82) is 5.26 Å². The third kappa shape index (κ3) is 3.64. The summed E-state index contributed by atoms with van der Waals surface area (Å²) in [5.74, 6) is 0.769. The first-order chi connectivity index (χ1) is 10.7. The minimum atomic E-state index is 0.0120. The van der Waals surface area contributed by atoms with Gasteiger partial charge in [0.1, 0.15) is 5.75 Å². The highest BCUT2D eigenvalue weighted by atomic mass is 16.5. The minimum absolute atomic E-state index is 0.0120. The van der Waals surface area contributed by atoms with Crippen LogP contribution in [0, 0.1) is 11.3 Å². The Labute approximate surface area is 130 Å². The van der Waals surface area contributed by atoms with Gasteiger partial charge in [-0.05, 0) is 35.9 Å². The van der Waals surface area contributed by atoms with Crippen molar-refractivity contribution in [2.75, 3.05) is 12.0 Å². The van der Waals surface area contributed by atoms with Crippen molar-refractivity contribution in [3.63, 3.8) is 0 Å². The number of nitrogens with zero attached hydrogens (tertiary/aromatic N) is 2. The monoisotopic (exact) mass is 294 g/mol. The molecular formula is C18H18N2O2. The largest absolute Gasteiger partial charge is 0.497 e. The molecule has 0 saturated carbocycles. The average molecular weight is 294 g/mol. The van der Waals surface area contributed by atoms with Crippen LogP contribution in [0.5, 0.6) is 5.75 Å². The average Bonchev–Trinajstić information content (AvgIpc) is 2.59. The zero-order valence-electron chi connectivity index (χ0n) is 12.7. The van der Waals surface area contributed by atoms with Gasteiger partial charge < -0.3 is 9.64 Å². The summed E-state index contributed by atoms with van der Waals surface area (Å²) in [7, 11) is 1.62. The SMILES string of the molecule is CCC(=O)N(Cc1cccc(OC)c1)c1cccc(C#N)c1. The Balaban J connectivity index is 2.34. The van der Waals surface area contributed by atoms with E-state index in [1.165, 1.54) is 0 Å². The third-order valence-electron chi connectivity index (χ3n) is 3.37. The van der Waals surface area contributed by atoms with Crippen LogP contribution < -0.4 is 9.64 Å². The number of hydrogen-bond acceptors (Lipinski definition) is 3. The molecule has 112 valence electrons. The maximum Gasteiger partial charge on any atom is 0.227 e. The molecule has 0 heterocycles. The van der Waals surface area contributed by atoms with Crippen molar-refractivity contribution in [3.05, 3.63) is 59.7 Å². The quantitative estimate of drug-likeness (QED) is 0.848. The lowest BCUT2D eigenvalue weighted by Crippen LogP contribution is -2.29. The molecule has 4 nitrogen and oxygen atoms in total. The second kappa shape index (κ2) is 7.28. The van der Waals surface area contributed by atoms with Crippen molar-refractivity contribution < 1.29 is 9.53 Å². The Hall–Kier alpha value is -2.80. The lowest BCUT2D eigenvalue weighted by molar-refractivity contribution is -0.118. The fourth-order valence-electron chi connectivity index (χ4n) is 2.21. The predicted molar refractivity (Wildman–Crippen MR) is 85.6 cm³/mol. The first-order valence-electron chi connectivity index (χ1n) is 7.11. The Morgan fingerprint density at radius 1 is 1.23 bits per heavy atom. The number of nitriles is 1. The van der Waals surface area contributed by atoms with Crippen molar-refractivity contribution in [2.24, 2.45) is 0 Å². The summed E-state index contributed by atoms with van der Waals surface area (Å²) in [6, 6.07) is 16.8. The summed E-state index contributed by atoms with van der Waals surface area (Å²) >= 11 is 0. The smallest absolute Gasteiger partial charge is 0.227 e. The normalized spacial score (nSPS) is 9.86.